The lowest BCUT2D eigenvalue weighted by Crippen LogP contribution is -2.21. The second-order valence-corrected chi connectivity index (χ2v) is 5.16. The fourth-order valence-electron chi connectivity index (χ4n) is 1.77. The fraction of sp³-hybridized carbons (Fsp3) is 0.571. The van der Waals surface area contributed by atoms with E-state index >= 15 is 0 Å². The Morgan fingerprint density at radius 2 is 1.62 bits per heavy atom. The molecule has 0 aliphatic carbocycles. The quantitative estimate of drug-likeness (QED) is 0.776. The van der Waals surface area contributed by atoms with E-state index in [2.05, 4.69) is 51.3 Å². The van der Waals surface area contributed by atoms with Gasteiger partial charge in [-0.15, -0.1) is 0 Å². The van der Waals surface area contributed by atoms with Crippen LogP contribution in [0.25, 0.3) is 0 Å². The number of anilines is 1. The summed E-state index contributed by atoms with van der Waals surface area (Å²) in [6.07, 6.45) is 0. The van der Waals surface area contributed by atoms with Crippen molar-refractivity contribution in [1.82, 2.24) is 5.01 Å². The number of nitrogens with one attached hydrogen (secondary N) is 1. The van der Waals surface area contributed by atoms with Crippen molar-refractivity contribution in [3.05, 3.63) is 29.3 Å². The van der Waals surface area contributed by atoms with Gasteiger partial charge in [0.15, 0.2) is 0 Å². The fourth-order valence-corrected chi connectivity index (χ4v) is 1.77. The summed E-state index contributed by atoms with van der Waals surface area (Å²) in [6, 6.07) is 6.74. The Morgan fingerprint density at radius 3 is 2.06 bits per heavy atom. The summed E-state index contributed by atoms with van der Waals surface area (Å²) in [4.78, 5) is 0. The van der Waals surface area contributed by atoms with Gasteiger partial charge in [0.1, 0.15) is 0 Å². The molecule has 1 N–H and O–H groups in total. The molecule has 0 unspecified atom stereocenters. The van der Waals surface area contributed by atoms with E-state index < -0.39 is 0 Å². The van der Waals surface area contributed by atoms with Gasteiger partial charge in [0.2, 0.25) is 0 Å². The number of benzene rings is 1. The van der Waals surface area contributed by atoms with Crippen LogP contribution >= 0.6 is 0 Å². The van der Waals surface area contributed by atoms with Crippen LogP contribution < -0.4 is 5.43 Å². The Bertz CT molecular complexity index is 341. The first kappa shape index (κ1) is 13.0. The van der Waals surface area contributed by atoms with E-state index in [0.29, 0.717) is 11.8 Å². The van der Waals surface area contributed by atoms with Crippen LogP contribution in [0.3, 0.4) is 0 Å². The van der Waals surface area contributed by atoms with Crippen molar-refractivity contribution in [3.63, 3.8) is 0 Å². The highest BCUT2D eigenvalue weighted by atomic mass is 15.5. The SMILES string of the molecule is CC(C)c1ccc(C(C)C)c(NN(C)C)c1. The van der Waals surface area contributed by atoms with E-state index in [1.807, 2.05) is 19.1 Å². The second kappa shape index (κ2) is 5.35. The Morgan fingerprint density at radius 1 is 1.00 bits per heavy atom. The maximum atomic E-state index is 3.38. The van der Waals surface area contributed by atoms with Gasteiger partial charge < -0.3 is 5.43 Å². The molecule has 0 heterocycles. The van der Waals surface area contributed by atoms with Crippen molar-refractivity contribution in [3.8, 4) is 0 Å². The highest BCUT2D eigenvalue weighted by Gasteiger charge is 2.09. The van der Waals surface area contributed by atoms with Crippen LogP contribution in [0.2, 0.25) is 0 Å². The molecular formula is C14H24N2. The zero-order valence-corrected chi connectivity index (χ0v) is 11.3. The number of hydrazine groups is 1. The van der Waals surface area contributed by atoms with E-state index in [-0.39, 0.29) is 0 Å². The third-order valence-electron chi connectivity index (χ3n) is 2.71. The van der Waals surface area contributed by atoms with Crippen LogP contribution in [0.15, 0.2) is 18.2 Å². The molecule has 90 valence electrons. The Hall–Kier alpha value is -1.02. The minimum atomic E-state index is 0.545. The van der Waals surface area contributed by atoms with Gasteiger partial charge >= 0.3 is 0 Å². The molecule has 0 aromatic heterocycles. The van der Waals surface area contributed by atoms with E-state index in [9.17, 15) is 0 Å². The third-order valence-corrected chi connectivity index (χ3v) is 2.71. The summed E-state index contributed by atoms with van der Waals surface area (Å²) < 4.78 is 0. The van der Waals surface area contributed by atoms with Gasteiger partial charge in [0, 0.05) is 14.1 Å². The molecule has 0 aliphatic rings. The van der Waals surface area contributed by atoms with E-state index in [4.69, 9.17) is 0 Å². The van der Waals surface area contributed by atoms with Crippen molar-refractivity contribution in [2.45, 2.75) is 39.5 Å². The van der Waals surface area contributed by atoms with Crippen LogP contribution in [0, 0.1) is 0 Å². The Labute approximate surface area is 99.6 Å². The summed E-state index contributed by atoms with van der Waals surface area (Å²) in [6.45, 7) is 8.91. The van der Waals surface area contributed by atoms with Crippen LogP contribution in [0.5, 0.6) is 0 Å². The highest BCUT2D eigenvalue weighted by Crippen LogP contribution is 2.28. The topological polar surface area (TPSA) is 15.3 Å². The molecule has 1 aromatic carbocycles. The minimum Gasteiger partial charge on any atom is -0.319 e. The summed E-state index contributed by atoms with van der Waals surface area (Å²) in [5.41, 5.74) is 7.37. The number of hydrogen-bond acceptors (Lipinski definition) is 2. The van der Waals surface area contributed by atoms with Gasteiger partial charge in [-0.1, -0.05) is 39.8 Å². The summed E-state index contributed by atoms with van der Waals surface area (Å²) in [7, 11) is 4.04. The average molecular weight is 220 g/mol. The maximum Gasteiger partial charge on any atom is 0.0527 e. The van der Waals surface area contributed by atoms with Crippen LogP contribution in [-0.2, 0) is 0 Å². The van der Waals surface area contributed by atoms with Crippen molar-refractivity contribution < 1.29 is 0 Å². The van der Waals surface area contributed by atoms with Gasteiger partial charge in [-0.3, -0.25) is 0 Å². The number of rotatable bonds is 4. The second-order valence-electron chi connectivity index (χ2n) is 5.16. The third kappa shape index (κ3) is 3.24. The molecule has 16 heavy (non-hydrogen) atoms. The molecule has 0 spiro atoms. The molecule has 0 atom stereocenters. The first-order valence-electron chi connectivity index (χ1n) is 5.99. The molecular weight excluding hydrogens is 196 g/mol. The Kier molecular flexibility index (Phi) is 4.36. The van der Waals surface area contributed by atoms with Gasteiger partial charge in [-0.05, 0) is 29.0 Å². The highest BCUT2D eigenvalue weighted by molar-refractivity contribution is 5.54. The van der Waals surface area contributed by atoms with Gasteiger partial charge in [0.25, 0.3) is 0 Å². The number of nitrogens with zero attached hydrogens (tertiary/aromatic N) is 1. The van der Waals surface area contributed by atoms with Crippen LogP contribution in [0.1, 0.15) is 50.7 Å². The van der Waals surface area contributed by atoms with E-state index in [0.717, 1.165) is 0 Å². The average Bonchev–Trinajstić information content (AvgIpc) is 2.15. The van der Waals surface area contributed by atoms with Gasteiger partial charge in [-0.2, -0.15) is 0 Å². The molecule has 2 nitrogen and oxygen atoms in total. The first-order valence-corrected chi connectivity index (χ1v) is 5.99. The van der Waals surface area contributed by atoms with Crippen molar-refractivity contribution >= 4 is 5.69 Å². The van der Waals surface area contributed by atoms with E-state index in [1.165, 1.54) is 16.8 Å². The van der Waals surface area contributed by atoms with Crippen molar-refractivity contribution in [2.75, 3.05) is 19.5 Å². The Balaban J connectivity index is 3.10. The molecule has 0 aliphatic heterocycles. The zero-order valence-electron chi connectivity index (χ0n) is 11.3. The summed E-state index contributed by atoms with van der Waals surface area (Å²) in [5.74, 6) is 1.12. The van der Waals surface area contributed by atoms with E-state index in [1.54, 1.807) is 0 Å². The monoisotopic (exact) mass is 220 g/mol. The maximum absolute atomic E-state index is 3.38. The predicted octanol–water partition coefficient (Wildman–Crippen LogP) is 3.82. The standard InChI is InChI=1S/C14H24N2/c1-10(2)12-7-8-13(11(3)4)14(9-12)15-16(5)6/h7-11,15H,1-6H3. The molecule has 0 saturated heterocycles. The van der Waals surface area contributed by atoms with Crippen LogP contribution in [-0.4, -0.2) is 19.1 Å². The summed E-state index contributed by atoms with van der Waals surface area (Å²) in [5, 5.41) is 1.99. The molecule has 0 saturated carbocycles. The minimum absolute atomic E-state index is 0.545. The lowest BCUT2D eigenvalue weighted by atomic mass is 9.95. The van der Waals surface area contributed by atoms with Gasteiger partial charge in [0.05, 0.1) is 5.69 Å². The van der Waals surface area contributed by atoms with Gasteiger partial charge in [-0.25, -0.2) is 5.01 Å². The molecule has 0 radical (unpaired) electrons. The molecule has 1 rings (SSSR count). The van der Waals surface area contributed by atoms with Crippen LogP contribution in [0.4, 0.5) is 5.69 Å². The normalized spacial score (nSPS) is 11.6. The summed E-state index contributed by atoms with van der Waals surface area (Å²) >= 11 is 0. The van der Waals surface area contributed by atoms with Crippen molar-refractivity contribution in [2.24, 2.45) is 0 Å². The molecule has 0 bridgehead atoms. The lowest BCUT2D eigenvalue weighted by molar-refractivity contribution is 0.493. The lowest BCUT2D eigenvalue weighted by Gasteiger charge is -2.21. The predicted molar refractivity (Wildman–Crippen MR) is 71.9 cm³/mol. The largest absolute Gasteiger partial charge is 0.319 e. The molecule has 1 aromatic rings. The molecule has 0 amide bonds. The van der Waals surface area contributed by atoms with Crippen molar-refractivity contribution in [1.29, 1.82) is 0 Å². The molecule has 2 heteroatoms. The zero-order chi connectivity index (χ0) is 12.3. The smallest absolute Gasteiger partial charge is 0.0527 e. The first-order chi connectivity index (χ1) is 7.41. The molecule has 0 fully saturated rings. The number of hydrogen-bond donors (Lipinski definition) is 1.